The number of esters is 1. The highest BCUT2D eigenvalue weighted by molar-refractivity contribution is 5.65. The first kappa shape index (κ1) is 35.6. The van der Waals surface area contributed by atoms with Crippen molar-refractivity contribution in [2.45, 2.75) is 65.7 Å². The number of hydrogen-bond donors (Lipinski definition) is 0. The van der Waals surface area contributed by atoms with Gasteiger partial charge in [-0.05, 0) is 123 Å². The molecule has 0 amide bonds. The zero-order valence-corrected chi connectivity index (χ0v) is 28.0. The van der Waals surface area contributed by atoms with Gasteiger partial charge in [0.15, 0.2) is 0 Å². The number of unbranched alkanes of at least 4 members (excludes halogenated alkanes) is 5. The highest BCUT2D eigenvalue weighted by Gasteiger charge is 2.02. The van der Waals surface area contributed by atoms with Crippen LogP contribution in [-0.2, 0) is 9.53 Å². The van der Waals surface area contributed by atoms with E-state index in [1.165, 1.54) is 32.6 Å². The van der Waals surface area contributed by atoms with Crippen molar-refractivity contribution in [1.29, 1.82) is 0 Å². The van der Waals surface area contributed by atoms with Gasteiger partial charge in [0.05, 0.1) is 53.9 Å². The number of azo groups is 3. The lowest BCUT2D eigenvalue weighted by Crippen LogP contribution is -2.03. The Balaban J connectivity index is 1.21. The van der Waals surface area contributed by atoms with E-state index in [4.69, 9.17) is 14.2 Å². The molecule has 250 valence electrons. The summed E-state index contributed by atoms with van der Waals surface area (Å²) in [6, 6.07) is 28.2. The van der Waals surface area contributed by atoms with Gasteiger partial charge in [0.1, 0.15) is 11.5 Å². The Morgan fingerprint density at radius 3 is 1.44 bits per heavy atom. The molecule has 0 unspecified atom stereocenters. The van der Waals surface area contributed by atoms with Crippen molar-refractivity contribution >= 4 is 40.1 Å². The van der Waals surface area contributed by atoms with E-state index in [1.807, 2.05) is 97.9 Å². The molecule has 0 fully saturated rings. The second-order valence-corrected chi connectivity index (χ2v) is 11.2. The van der Waals surface area contributed by atoms with Gasteiger partial charge >= 0.3 is 5.97 Å². The summed E-state index contributed by atoms with van der Waals surface area (Å²) < 4.78 is 16.5. The minimum absolute atomic E-state index is 0.261. The second-order valence-electron chi connectivity index (χ2n) is 11.2. The molecule has 0 heterocycles. The van der Waals surface area contributed by atoms with Crippen molar-refractivity contribution in [1.82, 2.24) is 0 Å². The van der Waals surface area contributed by atoms with Gasteiger partial charge in [0.2, 0.25) is 0 Å². The molecule has 0 bridgehead atoms. The zero-order valence-electron chi connectivity index (χ0n) is 28.0. The van der Waals surface area contributed by atoms with Crippen LogP contribution >= 0.6 is 0 Å². The number of carbonyl (C=O) groups excluding carboxylic acids is 1. The van der Waals surface area contributed by atoms with Crippen LogP contribution in [0.4, 0.5) is 34.1 Å². The molecule has 4 rings (SSSR count). The van der Waals surface area contributed by atoms with Crippen LogP contribution in [0.25, 0.3) is 0 Å². The maximum Gasteiger partial charge on any atom is 0.302 e. The highest BCUT2D eigenvalue weighted by atomic mass is 16.5. The molecular formula is C38H44N6O4. The van der Waals surface area contributed by atoms with E-state index in [2.05, 4.69) is 37.6 Å². The van der Waals surface area contributed by atoms with Crippen LogP contribution in [0.15, 0.2) is 122 Å². The molecule has 48 heavy (non-hydrogen) atoms. The molecule has 0 spiro atoms. The average molecular weight is 649 g/mol. The van der Waals surface area contributed by atoms with E-state index in [0.29, 0.717) is 30.3 Å². The molecule has 4 aromatic carbocycles. The van der Waals surface area contributed by atoms with Crippen LogP contribution in [0.1, 0.15) is 64.4 Å². The van der Waals surface area contributed by atoms with Crippen LogP contribution in [-0.4, -0.2) is 25.8 Å². The SMILES string of the molecule is CCCCCCCOc1ccc(/N=N/c2ccc(/N=N/c3ccc(/N=N/c4ccc(OCCCCOC(C)=O)cc4)cc3C)cc2)cc1. The predicted molar refractivity (Wildman–Crippen MR) is 189 cm³/mol. The van der Waals surface area contributed by atoms with Gasteiger partial charge in [-0.2, -0.15) is 30.7 Å². The quantitative estimate of drug-likeness (QED) is 0.0570. The van der Waals surface area contributed by atoms with Crippen molar-refractivity contribution in [2.24, 2.45) is 30.7 Å². The lowest BCUT2D eigenvalue weighted by Gasteiger charge is -2.06. The lowest BCUT2D eigenvalue weighted by atomic mass is 10.2. The van der Waals surface area contributed by atoms with Crippen LogP contribution in [0, 0.1) is 6.92 Å². The Bertz CT molecular complexity index is 1640. The Morgan fingerprint density at radius 1 is 0.521 bits per heavy atom. The summed E-state index contributed by atoms with van der Waals surface area (Å²) in [5.41, 5.74) is 5.31. The summed E-state index contributed by atoms with van der Waals surface area (Å²) in [4.78, 5) is 10.8. The molecule has 0 aliphatic carbocycles. The van der Waals surface area contributed by atoms with E-state index < -0.39 is 0 Å². The molecule has 0 saturated heterocycles. The van der Waals surface area contributed by atoms with Crippen molar-refractivity contribution < 1.29 is 19.0 Å². The third-order valence-electron chi connectivity index (χ3n) is 7.17. The molecule has 0 aliphatic rings. The third-order valence-corrected chi connectivity index (χ3v) is 7.17. The summed E-state index contributed by atoms with van der Waals surface area (Å²) in [6.07, 6.45) is 7.66. The Morgan fingerprint density at radius 2 is 0.938 bits per heavy atom. The van der Waals surface area contributed by atoms with Crippen LogP contribution in [0.5, 0.6) is 11.5 Å². The molecule has 10 heteroatoms. The number of rotatable bonds is 19. The van der Waals surface area contributed by atoms with E-state index in [-0.39, 0.29) is 5.97 Å². The van der Waals surface area contributed by atoms with Crippen LogP contribution in [0.2, 0.25) is 0 Å². The predicted octanol–water partition coefficient (Wildman–Crippen LogP) is 12.3. The van der Waals surface area contributed by atoms with Gasteiger partial charge in [-0.3, -0.25) is 4.79 Å². The topological polar surface area (TPSA) is 119 Å². The number of ether oxygens (including phenoxy) is 3. The highest BCUT2D eigenvalue weighted by Crippen LogP contribution is 2.29. The first-order chi connectivity index (χ1) is 23.5. The summed E-state index contributed by atoms with van der Waals surface area (Å²) in [6.45, 7) is 7.29. The maximum absolute atomic E-state index is 10.8. The van der Waals surface area contributed by atoms with E-state index in [1.54, 1.807) is 0 Å². The molecule has 0 radical (unpaired) electrons. The fourth-order valence-electron chi connectivity index (χ4n) is 4.47. The first-order valence-electron chi connectivity index (χ1n) is 16.5. The van der Waals surface area contributed by atoms with Gasteiger partial charge in [-0.25, -0.2) is 0 Å². The van der Waals surface area contributed by atoms with Gasteiger partial charge in [0.25, 0.3) is 0 Å². The minimum atomic E-state index is -0.261. The number of nitrogens with zero attached hydrogens (tertiary/aromatic N) is 6. The van der Waals surface area contributed by atoms with Crippen molar-refractivity contribution in [3.8, 4) is 11.5 Å². The molecule has 0 N–H and O–H groups in total. The monoisotopic (exact) mass is 648 g/mol. The molecule has 0 atom stereocenters. The van der Waals surface area contributed by atoms with Crippen molar-refractivity contribution in [3.05, 3.63) is 96.6 Å². The smallest absolute Gasteiger partial charge is 0.302 e. The summed E-state index contributed by atoms with van der Waals surface area (Å²) in [7, 11) is 0. The molecule has 0 aliphatic heterocycles. The molecule has 0 saturated carbocycles. The Labute approximate surface area is 283 Å². The van der Waals surface area contributed by atoms with Crippen LogP contribution in [0.3, 0.4) is 0 Å². The van der Waals surface area contributed by atoms with E-state index >= 15 is 0 Å². The van der Waals surface area contributed by atoms with Gasteiger partial charge in [-0.1, -0.05) is 32.6 Å². The third kappa shape index (κ3) is 13.2. The number of hydrogen-bond acceptors (Lipinski definition) is 10. The molecule has 0 aromatic heterocycles. The number of benzene rings is 4. The molecule has 4 aromatic rings. The van der Waals surface area contributed by atoms with E-state index in [0.717, 1.165) is 60.0 Å². The maximum atomic E-state index is 10.8. The Hall–Kier alpha value is -5.25. The van der Waals surface area contributed by atoms with Gasteiger partial charge < -0.3 is 14.2 Å². The zero-order chi connectivity index (χ0) is 33.8. The largest absolute Gasteiger partial charge is 0.494 e. The lowest BCUT2D eigenvalue weighted by molar-refractivity contribution is -0.141. The van der Waals surface area contributed by atoms with Gasteiger partial charge in [-0.15, -0.1) is 0 Å². The first-order valence-corrected chi connectivity index (χ1v) is 16.5. The summed E-state index contributed by atoms with van der Waals surface area (Å²) in [5.74, 6) is 1.34. The van der Waals surface area contributed by atoms with Crippen LogP contribution < -0.4 is 9.47 Å². The fraction of sp³-hybridized carbons (Fsp3) is 0.342. The normalized spacial score (nSPS) is 11.5. The summed E-state index contributed by atoms with van der Waals surface area (Å²) in [5, 5.41) is 26.2. The summed E-state index contributed by atoms with van der Waals surface area (Å²) >= 11 is 0. The number of aryl methyl sites for hydroxylation is 1. The minimum Gasteiger partial charge on any atom is -0.494 e. The van der Waals surface area contributed by atoms with Crippen molar-refractivity contribution in [2.75, 3.05) is 19.8 Å². The standard InChI is InChI=1S/C38H44N6O4/c1-4-5-6-7-8-26-47-36-20-15-33(16-21-36)40-39-31-11-13-32(14-12-31)42-44-38-24-19-35(28-29(38)2)43-41-34-17-22-37(23-18-34)48-27-10-9-25-46-30(3)45/h11-24,28H,4-10,25-27H2,1-3H3/b40-39+,43-41+,44-42+. The fourth-order valence-corrected chi connectivity index (χ4v) is 4.47. The van der Waals surface area contributed by atoms with E-state index in [9.17, 15) is 4.79 Å². The van der Waals surface area contributed by atoms with Gasteiger partial charge in [0, 0.05) is 6.92 Å². The molecular weight excluding hydrogens is 604 g/mol. The second kappa shape index (κ2) is 20.1. The Kier molecular flexibility index (Phi) is 14.9. The average Bonchev–Trinajstić information content (AvgIpc) is 3.10. The van der Waals surface area contributed by atoms with Crippen molar-refractivity contribution in [3.63, 3.8) is 0 Å². The molecule has 10 nitrogen and oxygen atoms in total. The number of carbonyl (C=O) groups is 1.